The molecule has 0 radical (unpaired) electrons. The molecule has 1 aromatic rings. The second-order valence-corrected chi connectivity index (χ2v) is 9.47. The van der Waals surface area contributed by atoms with E-state index >= 15 is 0 Å². The number of nitrogens with zero attached hydrogens (tertiary/aromatic N) is 2. The van der Waals surface area contributed by atoms with Crippen LogP contribution in [0.5, 0.6) is 0 Å². The molecule has 0 aliphatic carbocycles. The summed E-state index contributed by atoms with van der Waals surface area (Å²) in [6, 6.07) is 6.56. The normalized spacial score (nSPS) is 29.6. The zero-order valence-corrected chi connectivity index (χ0v) is 15.7. The summed E-state index contributed by atoms with van der Waals surface area (Å²) in [5, 5.41) is 9.75. The Hall–Kier alpha value is -2.13. The van der Waals surface area contributed by atoms with Gasteiger partial charge in [0.1, 0.15) is 0 Å². The van der Waals surface area contributed by atoms with Crippen LogP contribution in [0.2, 0.25) is 0 Å². The van der Waals surface area contributed by atoms with Gasteiger partial charge in [-0.1, -0.05) is 6.07 Å². The molecular formula is C18H22N2O6S. The van der Waals surface area contributed by atoms with E-state index in [1.807, 2.05) is 0 Å². The number of hydrogen-bond acceptors (Lipinski definition) is 5. The molecule has 9 heteroatoms. The number of fused-ring (bicyclic) bond motifs is 1. The van der Waals surface area contributed by atoms with E-state index in [1.165, 1.54) is 4.31 Å². The number of carboxylic acid groups (broad SMARTS) is 1. The molecule has 0 bridgehead atoms. The van der Waals surface area contributed by atoms with E-state index in [4.69, 9.17) is 4.74 Å². The summed E-state index contributed by atoms with van der Waals surface area (Å²) in [5.41, 5.74) is -0.106. The summed E-state index contributed by atoms with van der Waals surface area (Å²) < 4.78 is 31.0. The Bertz CT molecular complexity index is 886. The molecule has 27 heavy (non-hydrogen) atoms. The quantitative estimate of drug-likeness (QED) is 0.813. The minimum atomic E-state index is -3.33. The van der Waals surface area contributed by atoms with Crippen LogP contribution in [-0.2, 0) is 19.6 Å². The molecule has 0 spiro atoms. The molecular weight excluding hydrogens is 372 g/mol. The lowest BCUT2D eigenvalue weighted by atomic mass is 9.74. The number of benzene rings is 1. The molecule has 0 saturated carbocycles. The molecule has 146 valence electrons. The van der Waals surface area contributed by atoms with Crippen LogP contribution in [0, 0.1) is 11.3 Å². The fraction of sp³-hybridized carbons (Fsp3) is 0.556. The summed E-state index contributed by atoms with van der Waals surface area (Å²) >= 11 is 0. The standard InChI is InChI=1S/C18H22N2O6S/c21-16(19-10-14-11-26-7-5-18(14,12-19)17(22)23)13-3-1-4-15(9-13)20-6-2-8-27(20,24)25/h1,3-4,9,14H,2,5-8,10-12H2,(H,22,23)/t14-,18+/m0/s1. The van der Waals surface area contributed by atoms with Crippen LogP contribution in [-0.4, -0.2) is 68.9 Å². The molecule has 3 saturated heterocycles. The maximum atomic E-state index is 13.0. The smallest absolute Gasteiger partial charge is 0.311 e. The second-order valence-electron chi connectivity index (χ2n) is 7.46. The summed E-state index contributed by atoms with van der Waals surface area (Å²) in [5.74, 6) is -1.28. The van der Waals surface area contributed by atoms with Crippen LogP contribution in [0.4, 0.5) is 5.69 Å². The number of ether oxygens (including phenoxy) is 1. The summed E-state index contributed by atoms with van der Waals surface area (Å²) in [7, 11) is -3.33. The second kappa shape index (κ2) is 6.49. The molecule has 0 unspecified atom stereocenters. The lowest BCUT2D eigenvalue weighted by molar-refractivity contribution is -0.157. The topological polar surface area (TPSA) is 104 Å². The minimum Gasteiger partial charge on any atom is -0.481 e. The highest BCUT2D eigenvalue weighted by Gasteiger charge is 2.55. The summed E-state index contributed by atoms with van der Waals surface area (Å²) in [6.45, 7) is 1.61. The van der Waals surface area contributed by atoms with Gasteiger partial charge >= 0.3 is 5.97 Å². The number of hydrogen-bond donors (Lipinski definition) is 1. The Balaban J connectivity index is 1.59. The van der Waals surface area contributed by atoms with Gasteiger partial charge in [0, 0.05) is 37.7 Å². The SMILES string of the molecule is O=C(c1cccc(N2CCCS2(=O)=O)c1)N1C[C@H]2COCC[C@@]2(C(=O)O)C1. The van der Waals surface area contributed by atoms with Gasteiger partial charge in [0.15, 0.2) is 0 Å². The van der Waals surface area contributed by atoms with E-state index in [1.54, 1.807) is 29.2 Å². The van der Waals surface area contributed by atoms with Crippen molar-refractivity contribution in [2.45, 2.75) is 12.8 Å². The van der Waals surface area contributed by atoms with Crippen molar-refractivity contribution >= 4 is 27.6 Å². The molecule has 4 rings (SSSR count). The van der Waals surface area contributed by atoms with Crippen molar-refractivity contribution in [1.29, 1.82) is 0 Å². The van der Waals surface area contributed by atoms with Gasteiger partial charge in [0.05, 0.1) is 23.5 Å². The van der Waals surface area contributed by atoms with E-state index in [9.17, 15) is 23.1 Å². The van der Waals surface area contributed by atoms with Gasteiger partial charge in [-0.3, -0.25) is 13.9 Å². The van der Waals surface area contributed by atoms with Crippen molar-refractivity contribution in [2.75, 3.05) is 42.9 Å². The molecule has 3 aliphatic heterocycles. The van der Waals surface area contributed by atoms with Crippen molar-refractivity contribution in [3.63, 3.8) is 0 Å². The van der Waals surface area contributed by atoms with E-state index in [0.29, 0.717) is 50.4 Å². The Kier molecular flexibility index (Phi) is 4.38. The van der Waals surface area contributed by atoms with Gasteiger partial charge in [-0.2, -0.15) is 0 Å². The number of carboxylic acids is 1. The average molecular weight is 394 g/mol. The third-order valence-corrected chi connectivity index (χ3v) is 7.77. The number of anilines is 1. The average Bonchev–Trinajstić information content (AvgIpc) is 3.21. The molecule has 1 aromatic carbocycles. The first-order valence-corrected chi connectivity index (χ1v) is 10.7. The molecule has 3 aliphatic rings. The van der Waals surface area contributed by atoms with Gasteiger partial charge < -0.3 is 14.7 Å². The lowest BCUT2D eigenvalue weighted by Gasteiger charge is -2.33. The highest BCUT2D eigenvalue weighted by molar-refractivity contribution is 7.93. The Labute approximate surface area is 157 Å². The highest BCUT2D eigenvalue weighted by Crippen LogP contribution is 2.43. The van der Waals surface area contributed by atoms with Crippen LogP contribution >= 0.6 is 0 Å². The van der Waals surface area contributed by atoms with Gasteiger partial charge in [0.2, 0.25) is 10.0 Å². The van der Waals surface area contributed by atoms with Crippen LogP contribution < -0.4 is 4.31 Å². The predicted molar refractivity (Wildman–Crippen MR) is 97.1 cm³/mol. The fourth-order valence-corrected chi connectivity index (χ4v) is 5.92. The Morgan fingerprint density at radius 1 is 1.30 bits per heavy atom. The van der Waals surface area contributed by atoms with Crippen molar-refractivity contribution in [2.24, 2.45) is 11.3 Å². The number of carbonyl (C=O) groups excluding carboxylic acids is 1. The fourth-order valence-electron chi connectivity index (χ4n) is 4.36. The molecule has 1 N–H and O–H groups in total. The van der Waals surface area contributed by atoms with Crippen molar-refractivity contribution < 1.29 is 27.9 Å². The lowest BCUT2D eigenvalue weighted by Crippen LogP contribution is -2.45. The van der Waals surface area contributed by atoms with E-state index in [0.717, 1.165) is 0 Å². The summed E-state index contributed by atoms with van der Waals surface area (Å²) in [4.78, 5) is 26.5. The predicted octanol–water partition coefficient (Wildman–Crippen LogP) is 0.790. The zero-order valence-electron chi connectivity index (χ0n) is 14.8. The molecule has 2 atom stereocenters. The molecule has 3 heterocycles. The highest BCUT2D eigenvalue weighted by atomic mass is 32.2. The molecule has 3 fully saturated rings. The minimum absolute atomic E-state index is 0.111. The maximum absolute atomic E-state index is 13.0. The monoisotopic (exact) mass is 394 g/mol. The van der Waals surface area contributed by atoms with Crippen LogP contribution in [0.15, 0.2) is 24.3 Å². The summed E-state index contributed by atoms with van der Waals surface area (Å²) in [6.07, 6.45) is 0.957. The first-order valence-electron chi connectivity index (χ1n) is 9.04. The number of sulfonamides is 1. The third-order valence-electron chi connectivity index (χ3n) is 5.90. The number of carbonyl (C=O) groups is 2. The van der Waals surface area contributed by atoms with Crippen molar-refractivity contribution in [1.82, 2.24) is 4.90 Å². The van der Waals surface area contributed by atoms with Crippen molar-refractivity contribution in [3.05, 3.63) is 29.8 Å². The maximum Gasteiger partial charge on any atom is 0.311 e. The number of amides is 1. The third kappa shape index (κ3) is 2.98. The van der Waals surface area contributed by atoms with Gasteiger partial charge in [0.25, 0.3) is 5.91 Å². The largest absolute Gasteiger partial charge is 0.481 e. The van der Waals surface area contributed by atoms with E-state index in [-0.39, 0.29) is 24.1 Å². The van der Waals surface area contributed by atoms with Crippen LogP contribution in [0.3, 0.4) is 0 Å². The Morgan fingerprint density at radius 2 is 2.11 bits per heavy atom. The van der Waals surface area contributed by atoms with E-state index in [2.05, 4.69) is 0 Å². The number of rotatable bonds is 3. The Morgan fingerprint density at radius 3 is 2.78 bits per heavy atom. The number of aliphatic carboxylic acids is 1. The van der Waals surface area contributed by atoms with Gasteiger partial charge in [-0.05, 0) is 31.0 Å². The van der Waals surface area contributed by atoms with Gasteiger partial charge in [-0.15, -0.1) is 0 Å². The molecule has 0 aromatic heterocycles. The van der Waals surface area contributed by atoms with Crippen LogP contribution in [0.25, 0.3) is 0 Å². The molecule has 1 amide bonds. The van der Waals surface area contributed by atoms with Crippen molar-refractivity contribution in [3.8, 4) is 0 Å². The van der Waals surface area contributed by atoms with Crippen LogP contribution in [0.1, 0.15) is 23.2 Å². The zero-order chi connectivity index (χ0) is 19.2. The first-order chi connectivity index (χ1) is 12.8. The molecule has 8 nitrogen and oxygen atoms in total. The first kappa shape index (κ1) is 18.2. The van der Waals surface area contributed by atoms with Gasteiger partial charge in [-0.25, -0.2) is 8.42 Å². The number of likely N-dealkylation sites (tertiary alicyclic amines) is 1. The van der Waals surface area contributed by atoms with E-state index < -0.39 is 21.4 Å².